The van der Waals surface area contributed by atoms with Gasteiger partial charge in [0.2, 0.25) is 0 Å². The summed E-state index contributed by atoms with van der Waals surface area (Å²) in [6, 6.07) is 8.53. The molecule has 2 atom stereocenters. The van der Waals surface area contributed by atoms with Gasteiger partial charge in [-0.2, -0.15) is 0 Å². The molecule has 112 valence electrons. The minimum atomic E-state index is -2.86. The van der Waals surface area contributed by atoms with Crippen LogP contribution in [0, 0.1) is 5.92 Å². The summed E-state index contributed by atoms with van der Waals surface area (Å²) < 4.78 is 23.1. The molecular formula is C15H24N2O2S. The molecule has 0 spiro atoms. The first kappa shape index (κ1) is 15.5. The van der Waals surface area contributed by atoms with Crippen LogP contribution in [0.2, 0.25) is 0 Å². The van der Waals surface area contributed by atoms with Crippen molar-refractivity contribution in [2.45, 2.75) is 38.6 Å². The van der Waals surface area contributed by atoms with Gasteiger partial charge in [0.1, 0.15) is 0 Å². The lowest BCUT2D eigenvalue weighted by Crippen LogP contribution is -2.43. The first-order chi connectivity index (χ1) is 9.41. The van der Waals surface area contributed by atoms with E-state index in [1.807, 2.05) is 0 Å². The molecule has 0 radical (unpaired) electrons. The van der Waals surface area contributed by atoms with Gasteiger partial charge in [0, 0.05) is 6.04 Å². The Morgan fingerprint density at radius 1 is 1.30 bits per heavy atom. The highest BCUT2D eigenvalue weighted by Crippen LogP contribution is 2.24. The molecule has 0 bridgehead atoms. The number of rotatable bonds is 5. The van der Waals surface area contributed by atoms with Crippen LogP contribution >= 0.6 is 0 Å². The van der Waals surface area contributed by atoms with Gasteiger partial charge in [0.05, 0.1) is 11.5 Å². The molecule has 0 aromatic heterocycles. The van der Waals surface area contributed by atoms with E-state index in [2.05, 4.69) is 43.5 Å². The van der Waals surface area contributed by atoms with Crippen LogP contribution in [-0.2, 0) is 16.3 Å². The smallest absolute Gasteiger partial charge is 0.150 e. The predicted octanol–water partition coefficient (Wildman–Crippen LogP) is 1.62. The van der Waals surface area contributed by atoms with Crippen molar-refractivity contribution in [2.75, 3.05) is 11.5 Å². The van der Waals surface area contributed by atoms with Gasteiger partial charge in [-0.05, 0) is 35.8 Å². The molecule has 2 unspecified atom stereocenters. The fourth-order valence-electron chi connectivity index (χ4n) is 2.80. The molecule has 5 heteroatoms. The molecule has 4 nitrogen and oxygen atoms in total. The molecule has 1 aliphatic heterocycles. The maximum atomic E-state index is 11.6. The Hall–Kier alpha value is -0.910. The minimum Gasteiger partial charge on any atom is -0.271 e. The molecule has 1 aliphatic rings. The second-order valence-corrected chi connectivity index (χ2v) is 8.27. The molecule has 1 heterocycles. The molecule has 3 N–H and O–H groups in total. The summed E-state index contributed by atoms with van der Waals surface area (Å²) in [5.74, 6) is 6.81. The summed E-state index contributed by atoms with van der Waals surface area (Å²) in [6.07, 6.45) is 1.48. The van der Waals surface area contributed by atoms with E-state index in [0.29, 0.717) is 18.1 Å². The number of benzene rings is 1. The largest absolute Gasteiger partial charge is 0.271 e. The Balaban J connectivity index is 2.03. The molecule has 1 aromatic rings. The van der Waals surface area contributed by atoms with Crippen molar-refractivity contribution in [3.05, 3.63) is 35.4 Å². The van der Waals surface area contributed by atoms with E-state index in [1.165, 1.54) is 11.1 Å². The zero-order valence-electron chi connectivity index (χ0n) is 12.2. The minimum absolute atomic E-state index is 0.0252. The summed E-state index contributed by atoms with van der Waals surface area (Å²) in [6.45, 7) is 4.34. The molecule has 0 amide bonds. The van der Waals surface area contributed by atoms with E-state index >= 15 is 0 Å². The van der Waals surface area contributed by atoms with Crippen molar-refractivity contribution in [3.8, 4) is 0 Å². The van der Waals surface area contributed by atoms with E-state index < -0.39 is 9.84 Å². The molecule has 20 heavy (non-hydrogen) atoms. The maximum absolute atomic E-state index is 11.6. The molecule has 1 saturated heterocycles. The Morgan fingerprint density at radius 2 is 1.95 bits per heavy atom. The average molecular weight is 296 g/mol. The lowest BCUT2D eigenvalue weighted by Gasteiger charge is -2.22. The summed E-state index contributed by atoms with van der Waals surface area (Å²) in [5.41, 5.74) is 5.31. The third-order valence-electron chi connectivity index (χ3n) is 4.15. The zero-order valence-corrected chi connectivity index (χ0v) is 13.0. The van der Waals surface area contributed by atoms with Crippen molar-refractivity contribution in [3.63, 3.8) is 0 Å². The SMILES string of the molecule is CC(C)c1ccc(CC(NN)C2CCS(=O)(=O)C2)cc1. The monoisotopic (exact) mass is 296 g/mol. The standard InChI is InChI=1S/C15H24N2O2S/c1-11(2)13-5-3-12(4-6-13)9-15(17-16)14-7-8-20(18,19)10-14/h3-6,11,14-15,17H,7-10,16H2,1-2H3. The third-order valence-corrected chi connectivity index (χ3v) is 5.95. The number of nitrogens with two attached hydrogens (primary N) is 1. The van der Waals surface area contributed by atoms with Crippen LogP contribution in [0.15, 0.2) is 24.3 Å². The Labute approximate surface area is 121 Å². The number of hydrogen-bond acceptors (Lipinski definition) is 4. The van der Waals surface area contributed by atoms with Crippen LogP contribution in [0.25, 0.3) is 0 Å². The van der Waals surface area contributed by atoms with Crippen molar-refractivity contribution in [1.82, 2.24) is 5.43 Å². The maximum Gasteiger partial charge on any atom is 0.150 e. The fourth-order valence-corrected chi connectivity index (χ4v) is 4.68. The average Bonchev–Trinajstić information content (AvgIpc) is 2.76. The van der Waals surface area contributed by atoms with Crippen molar-refractivity contribution >= 4 is 9.84 Å². The Bertz CT molecular complexity index is 537. The third kappa shape index (κ3) is 3.81. The topological polar surface area (TPSA) is 72.2 Å². The summed E-state index contributed by atoms with van der Waals surface area (Å²) in [7, 11) is -2.86. The van der Waals surface area contributed by atoms with Gasteiger partial charge in [0.15, 0.2) is 9.84 Å². The first-order valence-electron chi connectivity index (χ1n) is 7.16. The molecular weight excluding hydrogens is 272 g/mol. The van der Waals surface area contributed by atoms with Crippen LogP contribution in [0.4, 0.5) is 0 Å². The zero-order chi connectivity index (χ0) is 14.8. The Morgan fingerprint density at radius 3 is 2.40 bits per heavy atom. The van der Waals surface area contributed by atoms with Crippen molar-refractivity contribution < 1.29 is 8.42 Å². The molecule has 1 fully saturated rings. The molecule has 2 rings (SSSR count). The number of hydrazine groups is 1. The van der Waals surface area contributed by atoms with Gasteiger partial charge in [0.25, 0.3) is 0 Å². The van der Waals surface area contributed by atoms with Crippen molar-refractivity contribution in [2.24, 2.45) is 11.8 Å². The van der Waals surface area contributed by atoms with E-state index in [4.69, 9.17) is 5.84 Å². The second kappa shape index (κ2) is 6.24. The van der Waals surface area contributed by atoms with Crippen LogP contribution in [0.3, 0.4) is 0 Å². The van der Waals surface area contributed by atoms with Gasteiger partial charge in [-0.25, -0.2) is 8.42 Å². The van der Waals surface area contributed by atoms with E-state index in [-0.39, 0.29) is 17.7 Å². The molecule has 0 aliphatic carbocycles. The summed E-state index contributed by atoms with van der Waals surface area (Å²) in [5, 5.41) is 0. The quantitative estimate of drug-likeness (QED) is 0.640. The molecule has 1 aromatic carbocycles. The highest BCUT2D eigenvalue weighted by atomic mass is 32.2. The van der Waals surface area contributed by atoms with Gasteiger partial charge in [-0.15, -0.1) is 0 Å². The molecule has 0 saturated carbocycles. The van der Waals surface area contributed by atoms with Gasteiger partial charge in [-0.1, -0.05) is 38.1 Å². The number of nitrogens with one attached hydrogen (secondary N) is 1. The second-order valence-electron chi connectivity index (χ2n) is 6.04. The van der Waals surface area contributed by atoms with Gasteiger partial charge >= 0.3 is 0 Å². The predicted molar refractivity (Wildman–Crippen MR) is 82.1 cm³/mol. The number of hydrogen-bond donors (Lipinski definition) is 2. The van der Waals surface area contributed by atoms with Crippen LogP contribution in [0.1, 0.15) is 37.3 Å². The first-order valence-corrected chi connectivity index (χ1v) is 8.99. The van der Waals surface area contributed by atoms with E-state index in [1.54, 1.807) is 0 Å². The highest BCUT2D eigenvalue weighted by Gasteiger charge is 2.33. The van der Waals surface area contributed by atoms with Crippen LogP contribution < -0.4 is 11.3 Å². The lowest BCUT2D eigenvalue weighted by atomic mass is 9.92. The number of sulfone groups is 1. The normalized spacial score (nSPS) is 23.1. The summed E-state index contributed by atoms with van der Waals surface area (Å²) in [4.78, 5) is 0. The summed E-state index contributed by atoms with van der Waals surface area (Å²) >= 11 is 0. The van der Waals surface area contributed by atoms with Gasteiger partial charge < -0.3 is 0 Å². The van der Waals surface area contributed by atoms with Crippen molar-refractivity contribution in [1.29, 1.82) is 0 Å². The lowest BCUT2D eigenvalue weighted by molar-refractivity contribution is 0.385. The van der Waals surface area contributed by atoms with Crippen LogP contribution in [0.5, 0.6) is 0 Å². The Kier molecular flexibility index (Phi) is 4.83. The van der Waals surface area contributed by atoms with Gasteiger partial charge in [-0.3, -0.25) is 11.3 Å². The fraction of sp³-hybridized carbons (Fsp3) is 0.600. The van der Waals surface area contributed by atoms with E-state index in [0.717, 1.165) is 6.42 Å². The van der Waals surface area contributed by atoms with E-state index in [9.17, 15) is 8.42 Å². The highest BCUT2D eigenvalue weighted by molar-refractivity contribution is 7.91. The van der Waals surface area contributed by atoms with Crippen LogP contribution in [-0.4, -0.2) is 26.0 Å².